The summed E-state index contributed by atoms with van der Waals surface area (Å²) in [7, 11) is -0.678. The van der Waals surface area contributed by atoms with E-state index in [4.69, 9.17) is 16.1 Å². The molecule has 1 unspecified atom stereocenters. The lowest BCUT2D eigenvalue weighted by Gasteiger charge is -2.29. The fraction of sp³-hybridized carbons (Fsp3) is 0.250. The molecule has 0 radical (unpaired) electrons. The molecule has 0 spiro atoms. The molecule has 8 nitrogen and oxygen atoms in total. The molecule has 3 rings (SSSR count). The molecular formula is C20H21ClN4O4S. The second-order valence-corrected chi connectivity index (χ2v) is 9.28. The van der Waals surface area contributed by atoms with Crippen LogP contribution >= 0.6 is 11.6 Å². The Morgan fingerprint density at radius 1 is 1.10 bits per heavy atom. The van der Waals surface area contributed by atoms with E-state index in [1.54, 1.807) is 61.6 Å². The summed E-state index contributed by atoms with van der Waals surface area (Å²) in [5.41, 5.74) is 1.29. The molecule has 2 aromatic carbocycles. The van der Waals surface area contributed by atoms with Crippen LogP contribution in [0.2, 0.25) is 5.02 Å². The molecule has 0 fully saturated rings. The molecule has 1 amide bonds. The van der Waals surface area contributed by atoms with Crippen LogP contribution in [0, 0.1) is 0 Å². The highest BCUT2D eigenvalue weighted by molar-refractivity contribution is 7.88. The number of sulfonamides is 1. The van der Waals surface area contributed by atoms with Gasteiger partial charge in [0.2, 0.25) is 27.6 Å². The first-order valence-corrected chi connectivity index (χ1v) is 11.2. The second kappa shape index (κ2) is 8.95. The predicted octanol–water partition coefficient (Wildman–Crippen LogP) is 2.98. The highest BCUT2D eigenvalue weighted by Gasteiger charge is 2.33. The van der Waals surface area contributed by atoms with Gasteiger partial charge in [0.05, 0.1) is 12.8 Å². The van der Waals surface area contributed by atoms with Gasteiger partial charge >= 0.3 is 0 Å². The van der Waals surface area contributed by atoms with E-state index in [9.17, 15) is 13.2 Å². The minimum atomic E-state index is -3.61. The molecule has 0 bridgehead atoms. The van der Waals surface area contributed by atoms with Crippen molar-refractivity contribution in [3.63, 3.8) is 0 Å². The predicted molar refractivity (Wildman–Crippen MR) is 113 cm³/mol. The summed E-state index contributed by atoms with van der Waals surface area (Å²) in [5.74, 6) is 0.181. The number of amides is 1. The molecule has 0 aliphatic rings. The van der Waals surface area contributed by atoms with Crippen LogP contribution in [0.5, 0.6) is 0 Å². The largest absolute Gasteiger partial charge is 0.337 e. The first-order valence-electron chi connectivity index (χ1n) is 8.98. The smallest absolute Gasteiger partial charge is 0.246 e. The lowest BCUT2D eigenvalue weighted by Crippen LogP contribution is -2.41. The van der Waals surface area contributed by atoms with Gasteiger partial charge in [-0.2, -0.15) is 9.29 Å². The average molecular weight is 449 g/mol. The van der Waals surface area contributed by atoms with E-state index in [1.807, 2.05) is 0 Å². The van der Waals surface area contributed by atoms with Crippen molar-refractivity contribution in [2.24, 2.45) is 0 Å². The monoisotopic (exact) mass is 448 g/mol. The van der Waals surface area contributed by atoms with Crippen molar-refractivity contribution in [3.8, 4) is 11.4 Å². The Morgan fingerprint density at radius 2 is 1.73 bits per heavy atom. The highest BCUT2D eigenvalue weighted by atomic mass is 35.5. The van der Waals surface area contributed by atoms with E-state index in [1.165, 1.54) is 11.9 Å². The van der Waals surface area contributed by atoms with Gasteiger partial charge in [-0.1, -0.05) is 47.1 Å². The summed E-state index contributed by atoms with van der Waals surface area (Å²) < 4.78 is 30.6. The van der Waals surface area contributed by atoms with Gasteiger partial charge in [-0.05, 0) is 29.8 Å². The third-order valence-corrected chi connectivity index (χ3v) is 6.06. The van der Waals surface area contributed by atoms with Crippen LogP contribution in [0.1, 0.15) is 17.5 Å². The fourth-order valence-electron chi connectivity index (χ4n) is 2.86. The summed E-state index contributed by atoms with van der Waals surface area (Å²) in [5, 5.41) is 4.52. The second-order valence-electron chi connectivity index (χ2n) is 6.81. The zero-order chi connectivity index (χ0) is 21.9. The van der Waals surface area contributed by atoms with Crippen molar-refractivity contribution in [3.05, 3.63) is 71.1 Å². The number of aromatic nitrogens is 2. The normalized spacial score (nSPS) is 12.7. The lowest BCUT2D eigenvalue weighted by atomic mass is 10.1. The Bertz CT molecular complexity index is 1120. The molecule has 10 heteroatoms. The third-order valence-electron chi connectivity index (χ3n) is 4.56. The maximum atomic E-state index is 13.2. The topological polar surface area (TPSA) is 96.6 Å². The molecule has 0 saturated heterocycles. The lowest BCUT2D eigenvalue weighted by molar-refractivity contribution is -0.134. The number of hydrogen-bond donors (Lipinski definition) is 0. The number of halogens is 1. The van der Waals surface area contributed by atoms with E-state index < -0.39 is 22.0 Å². The van der Waals surface area contributed by atoms with Crippen LogP contribution in [-0.2, 0) is 21.4 Å². The van der Waals surface area contributed by atoms with Gasteiger partial charge in [0, 0.05) is 24.7 Å². The van der Waals surface area contributed by atoms with Crippen molar-refractivity contribution in [1.82, 2.24) is 19.3 Å². The summed E-state index contributed by atoms with van der Waals surface area (Å²) in [4.78, 5) is 18.8. The van der Waals surface area contributed by atoms with Crippen LogP contribution < -0.4 is 0 Å². The standard InChI is InChI=1S/C20H21ClN4O4S/c1-24(13-17-22-19(23-29-17)15-9-11-16(21)12-10-15)20(26)18(25(2)30(3,27)28)14-7-5-4-6-8-14/h4-12,18H,13H2,1-3H3. The Labute approximate surface area is 180 Å². The molecular weight excluding hydrogens is 428 g/mol. The van der Waals surface area contributed by atoms with E-state index >= 15 is 0 Å². The molecule has 1 aromatic heterocycles. The quantitative estimate of drug-likeness (QED) is 0.551. The van der Waals surface area contributed by atoms with E-state index in [0.717, 1.165) is 16.1 Å². The van der Waals surface area contributed by atoms with Gasteiger partial charge in [-0.3, -0.25) is 4.79 Å². The van der Waals surface area contributed by atoms with Crippen LogP contribution in [-0.4, -0.2) is 54.0 Å². The first kappa shape index (κ1) is 21.9. The maximum Gasteiger partial charge on any atom is 0.246 e. The van der Waals surface area contributed by atoms with Crippen LogP contribution in [0.15, 0.2) is 59.1 Å². The van der Waals surface area contributed by atoms with E-state index in [0.29, 0.717) is 16.4 Å². The molecule has 1 atom stereocenters. The summed E-state index contributed by atoms with van der Waals surface area (Å²) in [6, 6.07) is 14.7. The molecule has 0 aliphatic carbocycles. The minimum Gasteiger partial charge on any atom is -0.337 e. The number of carbonyl (C=O) groups is 1. The number of rotatable bonds is 7. The number of benzene rings is 2. The SMILES string of the molecule is CN(Cc1nc(-c2ccc(Cl)cc2)no1)C(=O)C(c1ccccc1)N(C)S(C)(=O)=O. The number of nitrogens with zero attached hydrogens (tertiary/aromatic N) is 4. The highest BCUT2D eigenvalue weighted by Crippen LogP contribution is 2.25. The summed E-state index contributed by atoms with van der Waals surface area (Å²) >= 11 is 5.89. The van der Waals surface area contributed by atoms with Gasteiger partial charge < -0.3 is 9.42 Å². The van der Waals surface area contributed by atoms with Gasteiger partial charge in [0.1, 0.15) is 6.04 Å². The van der Waals surface area contributed by atoms with Crippen molar-refractivity contribution < 1.29 is 17.7 Å². The molecule has 158 valence electrons. The van der Waals surface area contributed by atoms with Gasteiger partial charge in [-0.25, -0.2) is 8.42 Å². The maximum absolute atomic E-state index is 13.2. The van der Waals surface area contributed by atoms with Gasteiger partial charge in [0.25, 0.3) is 0 Å². The first-order chi connectivity index (χ1) is 14.2. The molecule has 0 aliphatic heterocycles. The van der Waals surface area contributed by atoms with E-state index in [2.05, 4.69) is 10.1 Å². The Hall–Kier alpha value is -2.75. The van der Waals surface area contributed by atoms with Crippen molar-refractivity contribution in [1.29, 1.82) is 0 Å². The molecule has 3 aromatic rings. The average Bonchev–Trinajstić information content (AvgIpc) is 3.17. The summed E-state index contributed by atoms with van der Waals surface area (Å²) in [6.07, 6.45) is 1.06. The molecule has 0 saturated carbocycles. The van der Waals surface area contributed by atoms with Gasteiger partial charge in [-0.15, -0.1) is 0 Å². The molecule has 0 N–H and O–H groups in total. The fourth-order valence-corrected chi connectivity index (χ4v) is 3.58. The Morgan fingerprint density at radius 3 is 2.33 bits per heavy atom. The Kier molecular flexibility index (Phi) is 6.55. The third kappa shape index (κ3) is 5.05. The van der Waals surface area contributed by atoms with Crippen LogP contribution in [0.3, 0.4) is 0 Å². The van der Waals surface area contributed by atoms with Crippen molar-refractivity contribution in [2.75, 3.05) is 20.4 Å². The Balaban J connectivity index is 1.81. The van der Waals surface area contributed by atoms with Crippen molar-refractivity contribution in [2.45, 2.75) is 12.6 Å². The zero-order valence-electron chi connectivity index (χ0n) is 16.7. The number of likely N-dealkylation sites (N-methyl/N-ethyl adjacent to an activating group) is 2. The molecule has 30 heavy (non-hydrogen) atoms. The van der Waals surface area contributed by atoms with Crippen LogP contribution in [0.25, 0.3) is 11.4 Å². The zero-order valence-corrected chi connectivity index (χ0v) is 18.3. The summed E-state index contributed by atoms with van der Waals surface area (Å²) in [6.45, 7) is 0.0281. The van der Waals surface area contributed by atoms with Crippen molar-refractivity contribution >= 4 is 27.5 Å². The van der Waals surface area contributed by atoms with Crippen LogP contribution in [0.4, 0.5) is 0 Å². The molecule has 1 heterocycles. The number of carbonyl (C=O) groups excluding carboxylic acids is 1. The number of hydrogen-bond acceptors (Lipinski definition) is 6. The van der Waals surface area contributed by atoms with E-state index in [-0.39, 0.29) is 12.4 Å². The minimum absolute atomic E-state index is 0.0281. The van der Waals surface area contributed by atoms with Gasteiger partial charge in [0.15, 0.2) is 0 Å².